The second-order valence-corrected chi connectivity index (χ2v) is 10.7. The second kappa shape index (κ2) is 9.25. The Hall–Kier alpha value is -2.96. The first-order chi connectivity index (χ1) is 16.8. The van der Waals surface area contributed by atoms with Crippen molar-refractivity contribution in [1.82, 2.24) is 14.9 Å². The van der Waals surface area contributed by atoms with Gasteiger partial charge in [-0.2, -0.15) is 0 Å². The Kier molecular flexibility index (Phi) is 6.28. The van der Waals surface area contributed by atoms with Gasteiger partial charge in [-0.3, -0.25) is 4.98 Å². The Morgan fingerprint density at radius 3 is 2.23 bits per heavy atom. The number of aryl methyl sites for hydroxylation is 4. The van der Waals surface area contributed by atoms with Crippen LogP contribution < -0.4 is 10.2 Å². The second-order valence-electron chi connectivity index (χ2n) is 9.38. The maximum Gasteiger partial charge on any atom is 0.174 e. The SMILES string of the molecule is Cc1cc(C)c(-n2c(C)cc(C3C(c4ccccn4)NC(=S)N3c3ccc(Br)cc3)c2C)c(C)c1. The van der Waals surface area contributed by atoms with Crippen LogP contribution in [0.4, 0.5) is 5.69 Å². The monoisotopic (exact) mass is 544 g/mol. The van der Waals surface area contributed by atoms with Crippen LogP contribution in [0, 0.1) is 34.6 Å². The lowest BCUT2D eigenvalue weighted by atomic mass is 9.96. The minimum absolute atomic E-state index is 0.0374. The van der Waals surface area contributed by atoms with Crippen molar-refractivity contribution >= 4 is 38.9 Å². The summed E-state index contributed by atoms with van der Waals surface area (Å²) in [6, 6.07) is 21.1. The van der Waals surface area contributed by atoms with Crippen molar-refractivity contribution in [2.24, 2.45) is 0 Å². The summed E-state index contributed by atoms with van der Waals surface area (Å²) >= 11 is 9.48. The third kappa shape index (κ3) is 4.19. The predicted octanol–water partition coefficient (Wildman–Crippen LogP) is 7.35. The molecular formula is C29H29BrN4S. The molecule has 2 atom stereocenters. The summed E-state index contributed by atoms with van der Waals surface area (Å²) in [4.78, 5) is 6.94. The number of pyridine rings is 1. The maximum absolute atomic E-state index is 5.91. The van der Waals surface area contributed by atoms with Crippen LogP contribution >= 0.6 is 28.1 Å². The zero-order valence-electron chi connectivity index (χ0n) is 20.6. The molecule has 2 unspecified atom stereocenters. The van der Waals surface area contributed by atoms with Gasteiger partial charge in [0.05, 0.1) is 23.5 Å². The number of benzene rings is 2. The Morgan fingerprint density at radius 2 is 1.60 bits per heavy atom. The smallest absolute Gasteiger partial charge is 0.174 e. The minimum Gasteiger partial charge on any atom is -0.351 e. The summed E-state index contributed by atoms with van der Waals surface area (Å²) in [5.74, 6) is 0. The fraction of sp³-hybridized carbons (Fsp3) is 0.241. The third-order valence-electron chi connectivity index (χ3n) is 6.85. The first-order valence-corrected chi connectivity index (χ1v) is 13.0. The van der Waals surface area contributed by atoms with Crippen molar-refractivity contribution < 1.29 is 0 Å². The Morgan fingerprint density at radius 1 is 0.914 bits per heavy atom. The number of nitrogens with zero attached hydrogens (tertiary/aromatic N) is 3. The van der Waals surface area contributed by atoms with Gasteiger partial charge in [0.25, 0.3) is 0 Å². The van der Waals surface area contributed by atoms with E-state index in [0.29, 0.717) is 5.11 Å². The number of nitrogens with one attached hydrogen (secondary N) is 1. The molecule has 4 nitrogen and oxygen atoms in total. The number of anilines is 1. The molecule has 1 aliphatic heterocycles. The molecule has 5 rings (SSSR count). The average Bonchev–Trinajstić information content (AvgIpc) is 3.30. The van der Waals surface area contributed by atoms with Crippen molar-refractivity contribution in [3.05, 3.63) is 111 Å². The fourth-order valence-corrected chi connectivity index (χ4v) is 6.12. The molecule has 4 aromatic rings. The largest absolute Gasteiger partial charge is 0.351 e. The first kappa shape index (κ1) is 23.8. The number of aromatic nitrogens is 2. The van der Waals surface area contributed by atoms with E-state index in [4.69, 9.17) is 17.2 Å². The van der Waals surface area contributed by atoms with E-state index in [-0.39, 0.29) is 12.1 Å². The minimum atomic E-state index is -0.0680. The van der Waals surface area contributed by atoms with E-state index in [0.717, 1.165) is 15.9 Å². The molecule has 0 amide bonds. The normalized spacial score (nSPS) is 17.7. The Balaban J connectivity index is 1.71. The highest BCUT2D eigenvalue weighted by Crippen LogP contribution is 2.44. The average molecular weight is 546 g/mol. The molecule has 1 fully saturated rings. The van der Waals surface area contributed by atoms with Gasteiger partial charge in [0.15, 0.2) is 5.11 Å². The molecule has 1 aliphatic rings. The van der Waals surface area contributed by atoms with E-state index in [2.05, 4.69) is 114 Å². The zero-order chi connectivity index (χ0) is 24.9. The number of rotatable bonds is 4. The van der Waals surface area contributed by atoms with Crippen LogP contribution in [-0.4, -0.2) is 14.7 Å². The van der Waals surface area contributed by atoms with Crippen LogP contribution in [0.15, 0.2) is 71.3 Å². The van der Waals surface area contributed by atoms with Gasteiger partial charge in [-0.1, -0.05) is 39.7 Å². The molecule has 1 saturated heterocycles. The first-order valence-electron chi connectivity index (χ1n) is 11.8. The summed E-state index contributed by atoms with van der Waals surface area (Å²) < 4.78 is 3.44. The molecule has 3 heterocycles. The van der Waals surface area contributed by atoms with Crippen LogP contribution in [0.1, 0.15) is 51.4 Å². The van der Waals surface area contributed by atoms with Crippen LogP contribution in [0.25, 0.3) is 5.69 Å². The van der Waals surface area contributed by atoms with Gasteiger partial charge in [-0.25, -0.2) is 0 Å². The van der Waals surface area contributed by atoms with Gasteiger partial charge >= 0.3 is 0 Å². The summed E-state index contributed by atoms with van der Waals surface area (Å²) in [7, 11) is 0. The zero-order valence-corrected chi connectivity index (χ0v) is 23.0. The summed E-state index contributed by atoms with van der Waals surface area (Å²) in [5.41, 5.74) is 10.8. The molecule has 0 bridgehead atoms. The van der Waals surface area contributed by atoms with E-state index in [1.165, 1.54) is 39.3 Å². The van der Waals surface area contributed by atoms with Crippen molar-refractivity contribution in [3.8, 4) is 5.69 Å². The molecule has 2 aromatic heterocycles. The highest BCUT2D eigenvalue weighted by Gasteiger charge is 2.42. The third-order valence-corrected chi connectivity index (χ3v) is 7.69. The van der Waals surface area contributed by atoms with Gasteiger partial charge < -0.3 is 14.8 Å². The van der Waals surface area contributed by atoms with Gasteiger partial charge in [0, 0.05) is 27.7 Å². The molecule has 178 valence electrons. The standard InChI is InChI=1S/C29H29BrN4S/c1-17-14-18(2)27(19(3)15-17)33-20(4)16-24(21(33)5)28-26(25-8-6-7-13-31-25)32-29(35)34(28)23-11-9-22(30)10-12-23/h6-16,26,28H,1-5H3,(H,32,35). The van der Waals surface area contributed by atoms with Crippen molar-refractivity contribution in [2.45, 2.75) is 46.7 Å². The van der Waals surface area contributed by atoms with Crippen LogP contribution in [0.2, 0.25) is 0 Å². The maximum atomic E-state index is 5.91. The lowest BCUT2D eigenvalue weighted by Crippen LogP contribution is -2.29. The number of hydrogen-bond donors (Lipinski definition) is 1. The summed E-state index contributed by atoms with van der Waals surface area (Å²) in [6.07, 6.45) is 1.85. The summed E-state index contributed by atoms with van der Waals surface area (Å²) in [5, 5.41) is 4.29. The molecule has 0 radical (unpaired) electrons. The number of hydrogen-bond acceptors (Lipinski definition) is 2. The van der Waals surface area contributed by atoms with Gasteiger partial charge in [0.2, 0.25) is 0 Å². The van der Waals surface area contributed by atoms with E-state index < -0.39 is 0 Å². The van der Waals surface area contributed by atoms with Gasteiger partial charge in [0.1, 0.15) is 0 Å². The lowest BCUT2D eigenvalue weighted by molar-refractivity contribution is 0.565. The Bertz CT molecular complexity index is 1390. The predicted molar refractivity (Wildman–Crippen MR) is 152 cm³/mol. The molecule has 0 saturated carbocycles. The van der Waals surface area contributed by atoms with Crippen LogP contribution in [-0.2, 0) is 0 Å². The molecular weight excluding hydrogens is 516 g/mol. The van der Waals surface area contributed by atoms with Crippen molar-refractivity contribution in [3.63, 3.8) is 0 Å². The van der Waals surface area contributed by atoms with Crippen molar-refractivity contribution in [1.29, 1.82) is 0 Å². The molecule has 35 heavy (non-hydrogen) atoms. The molecule has 2 aromatic carbocycles. The topological polar surface area (TPSA) is 33.1 Å². The molecule has 0 spiro atoms. The van der Waals surface area contributed by atoms with E-state index in [1.807, 2.05) is 18.3 Å². The summed E-state index contributed by atoms with van der Waals surface area (Å²) in [6.45, 7) is 11.0. The Labute approximate surface area is 221 Å². The fourth-order valence-electron chi connectivity index (χ4n) is 5.51. The lowest BCUT2D eigenvalue weighted by Gasteiger charge is -2.28. The molecule has 1 N–H and O–H groups in total. The van der Waals surface area contributed by atoms with Crippen molar-refractivity contribution in [2.75, 3.05) is 4.90 Å². The molecule has 6 heteroatoms. The molecule has 0 aliphatic carbocycles. The van der Waals surface area contributed by atoms with E-state index in [1.54, 1.807) is 0 Å². The highest BCUT2D eigenvalue weighted by atomic mass is 79.9. The quantitative estimate of drug-likeness (QED) is 0.272. The number of halogens is 1. The van der Waals surface area contributed by atoms with E-state index in [9.17, 15) is 0 Å². The van der Waals surface area contributed by atoms with Crippen LogP contribution in [0.3, 0.4) is 0 Å². The van der Waals surface area contributed by atoms with Gasteiger partial charge in [-0.05, 0) is 106 Å². The number of thiocarbonyl (C=S) groups is 1. The van der Waals surface area contributed by atoms with Crippen LogP contribution in [0.5, 0.6) is 0 Å². The highest BCUT2D eigenvalue weighted by molar-refractivity contribution is 9.10. The van der Waals surface area contributed by atoms with E-state index >= 15 is 0 Å². The van der Waals surface area contributed by atoms with Gasteiger partial charge in [-0.15, -0.1) is 0 Å².